The Bertz CT molecular complexity index is 896. The normalized spacial score (nSPS) is 19.0. The molecule has 1 aliphatic rings. The number of aromatic carboxylic acids is 1. The SMILES string of the molecule is CN(Cc1ccc(C(=O)O)cc1)C(=O)C1CC(=O)N(C)C1c1ccc(F)cc1. The molecule has 1 saturated heterocycles. The molecule has 0 radical (unpaired) electrons. The molecule has 0 spiro atoms. The maximum absolute atomic E-state index is 13.3. The third-order valence-corrected chi connectivity index (χ3v) is 5.11. The Morgan fingerprint density at radius 3 is 2.32 bits per heavy atom. The second kappa shape index (κ2) is 7.80. The number of carboxylic acid groups (broad SMARTS) is 1. The lowest BCUT2D eigenvalue weighted by molar-refractivity contribution is -0.135. The second-order valence-corrected chi connectivity index (χ2v) is 7.01. The summed E-state index contributed by atoms with van der Waals surface area (Å²) in [5, 5.41) is 8.97. The van der Waals surface area contributed by atoms with Crippen molar-refractivity contribution in [1.29, 1.82) is 0 Å². The molecule has 1 aliphatic heterocycles. The zero-order valence-electron chi connectivity index (χ0n) is 15.6. The Balaban J connectivity index is 1.77. The predicted octanol–water partition coefficient (Wildman–Crippen LogP) is 2.70. The van der Waals surface area contributed by atoms with Gasteiger partial charge in [0.15, 0.2) is 0 Å². The minimum Gasteiger partial charge on any atom is -0.478 e. The van der Waals surface area contributed by atoms with Crippen molar-refractivity contribution in [3.05, 3.63) is 71.0 Å². The highest BCUT2D eigenvalue weighted by Gasteiger charge is 2.43. The predicted molar refractivity (Wildman–Crippen MR) is 99.9 cm³/mol. The van der Waals surface area contributed by atoms with Crippen LogP contribution in [0.4, 0.5) is 4.39 Å². The highest BCUT2D eigenvalue weighted by molar-refractivity contribution is 5.90. The molecule has 2 amide bonds. The third-order valence-electron chi connectivity index (χ3n) is 5.11. The van der Waals surface area contributed by atoms with Crippen LogP contribution >= 0.6 is 0 Å². The van der Waals surface area contributed by atoms with E-state index in [9.17, 15) is 18.8 Å². The lowest BCUT2D eigenvalue weighted by atomic mass is 9.92. The summed E-state index contributed by atoms with van der Waals surface area (Å²) in [6.45, 7) is 0.295. The van der Waals surface area contributed by atoms with E-state index in [0.717, 1.165) is 5.56 Å². The number of carbonyl (C=O) groups excluding carboxylic acids is 2. The number of nitrogens with zero attached hydrogens (tertiary/aromatic N) is 2. The molecule has 2 unspecified atom stereocenters. The smallest absolute Gasteiger partial charge is 0.335 e. The maximum Gasteiger partial charge on any atom is 0.335 e. The fourth-order valence-electron chi connectivity index (χ4n) is 3.59. The molecule has 0 bridgehead atoms. The summed E-state index contributed by atoms with van der Waals surface area (Å²) >= 11 is 0. The number of carboxylic acids is 1. The first-order valence-electron chi connectivity index (χ1n) is 8.86. The zero-order valence-corrected chi connectivity index (χ0v) is 15.6. The molecule has 2 aromatic carbocycles. The molecular formula is C21H21FN2O4. The van der Waals surface area contributed by atoms with E-state index in [1.165, 1.54) is 34.1 Å². The van der Waals surface area contributed by atoms with E-state index in [2.05, 4.69) is 0 Å². The van der Waals surface area contributed by atoms with E-state index in [1.54, 1.807) is 38.4 Å². The molecule has 7 heteroatoms. The molecule has 3 rings (SSSR count). The maximum atomic E-state index is 13.3. The van der Waals surface area contributed by atoms with Crippen LogP contribution in [-0.2, 0) is 16.1 Å². The molecule has 28 heavy (non-hydrogen) atoms. The summed E-state index contributed by atoms with van der Waals surface area (Å²) in [5.41, 5.74) is 1.68. The van der Waals surface area contributed by atoms with Crippen LogP contribution in [0, 0.1) is 11.7 Å². The molecule has 0 saturated carbocycles. The van der Waals surface area contributed by atoms with Gasteiger partial charge < -0.3 is 14.9 Å². The van der Waals surface area contributed by atoms with Gasteiger partial charge in [-0.2, -0.15) is 0 Å². The number of hydrogen-bond donors (Lipinski definition) is 1. The van der Waals surface area contributed by atoms with Crippen LogP contribution in [-0.4, -0.2) is 46.8 Å². The Morgan fingerprint density at radius 1 is 1.14 bits per heavy atom. The van der Waals surface area contributed by atoms with Crippen LogP contribution in [0.3, 0.4) is 0 Å². The summed E-state index contributed by atoms with van der Waals surface area (Å²) in [7, 11) is 3.30. The molecule has 146 valence electrons. The minimum atomic E-state index is -1.01. The summed E-state index contributed by atoms with van der Waals surface area (Å²) in [6.07, 6.45) is 0.0969. The first-order valence-corrected chi connectivity index (χ1v) is 8.86. The lowest BCUT2D eigenvalue weighted by Gasteiger charge is -2.28. The van der Waals surface area contributed by atoms with Gasteiger partial charge in [0.2, 0.25) is 11.8 Å². The Labute approximate surface area is 162 Å². The van der Waals surface area contributed by atoms with Crippen molar-refractivity contribution in [3.8, 4) is 0 Å². The van der Waals surface area contributed by atoms with Crippen molar-refractivity contribution in [3.63, 3.8) is 0 Å². The van der Waals surface area contributed by atoms with Crippen molar-refractivity contribution in [2.75, 3.05) is 14.1 Å². The zero-order chi connectivity index (χ0) is 20.4. The highest BCUT2D eigenvalue weighted by atomic mass is 19.1. The first kappa shape index (κ1) is 19.5. The van der Waals surface area contributed by atoms with Crippen LogP contribution in [0.1, 0.15) is 33.9 Å². The van der Waals surface area contributed by atoms with Gasteiger partial charge in [0.05, 0.1) is 17.5 Å². The van der Waals surface area contributed by atoms with E-state index in [1.807, 2.05) is 0 Å². The van der Waals surface area contributed by atoms with E-state index in [0.29, 0.717) is 12.1 Å². The quantitative estimate of drug-likeness (QED) is 0.860. The van der Waals surface area contributed by atoms with Crippen molar-refractivity contribution < 1.29 is 23.9 Å². The average molecular weight is 384 g/mol. The second-order valence-electron chi connectivity index (χ2n) is 7.01. The van der Waals surface area contributed by atoms with Gasteiger partial charge in [-0.15, -0.1) is 0 Å². The van der Waals surface area contributed by atoms with Gasteiger partial charge in [-0.1, -0.05) is 24.3 Å². The van der Waals surface area contributed by atoms with Crippen LogP contribution in [0.15, 0.2) is 48.5 Å². The monoisotopic (exact) mass is 384 g/mol. The summed E-state index contributed by atoms with van der Waals surface area (Å²) < 4.78 is 13.3. The van der Waals surface area contributed by atoms with E-state index < -0.39 is 17.9 Å². The van der Waals surface area contributed by atoms with Crippen LogP contribution in [0.5, 0.6) is 0 Å². The number of carbonyl (C=O) groups is 3. The van der Waals surface area contributed by atoms with Gasteiger partial charge in [-0.3, -0.25) is 9.59 Å². The van der Waals surface area contributed by atoms with Crippen molar-refractivity contribution in [2.24, 2.45) is 5.92 Å². The number of hydrogen-bond acceptors (Lipinski definition) is 3. The standard InChI is InChI=1S/C21H21FN2O4/c1-23(12-13-3-5-15(6-4-13)21(27)28)20(26)17-11-18(25)24(2)19(17)14-7-9-16(22)10-8-14/h3-10,17,19H,11-12H2,1-2H3,(H,27,28). The molecule has 0 aliphatic carbocycles. The van der Waals surface area contributed by atoms with E-state index in [-0.39, 0.29) is 29.6 Å². The van der Waals surface area contributed by atoms with Gasteiger partial charge in [0, 0.05) is 27.1 Å². The number of likely N-dealkylation sites (tertiary alicyclic amines) is 1. The molecule has 2 atom stereocenters. The molecule has 1 fully saturated rings. The number of rotatable bonds is 5. The number of halogens is 1. The fraction of sp³-hybridized carbons (Fsp3) is 0.286. The average Bonchev–Trinajstić information content (AvgIpc) is 2.97. The topological polar surface area (TPSA) is 77.9 Å². The molecule has 6 nitrogen and oxygen atoms in total. The van der Waals surface area contributed by atoms with E-state index in [4.69, 9.17) is 5.11 Å². The third kappa shape index (κ3) is 3.88. The lowest BCUT2D eigenvalue weighted by Crippen LogP contribution is -2.35. The van der Waals surface area contributed by atoms with Crippen molar-refractivity contribution in [2.45, 2.75) is 19.0 Å². The summed E-state index contributed by atoms with van der Waals surface area (Å²) in [5.74, 6) is -2.27. The Kier molecular flexibility index (Phi) is 5.44. The van der Waals surface area contributed by atoms with Gasteiger partial charge in [-0.25, -0.2) is 9.18 Å². The van der Waals surface area contributed by atoms with Crippen molar-refractivity contribution >= 4 is 17.8 Å². The van der Waals surface area contributed by atoms with Crippen LogP contribution < -0.4 is 0 Å². The van der Waals surface area contributed by atoms with Gasteiger partial charge in [-0.05, 0) is 35.4 Å². The van der Waals surface area contributed by atoms with Gasteiger partial charge in [0.1, 0.15) is 5.82 Å². The Hall–Kier alpha value is -3.22. The summed E-state index contributed by atoms with van der Waals surface area (Å²) in [4.78, 5) is 39.3. The largest absolute Gasteiger partial charge is 0.478 e. The van der Waals surface area contributed by atoms with E-state index >= 15 is 0 Å². The molecular weight excluding hydrogens is 363 g/mol. The van der Waals surface area contributed by atoms with Gasteiger partial charge >= 0.3 is 5.97 Å². The van der Waals surface area contributed by atoms with Crippen LogP contribution in [0.2, 0.25) is 0 Å². The van der Waals surface area contributed by atoms with Crippen molar-refractivity contribution in [1.82, 2.24) is 9.80 Å². The molecule has 1 N–H and O–H groups in total. The van der Waals surface area contributed by atoms with Gasteiger partial charge in [0.25, 0.3) is 0 Å². The Morgan fingerprint density at radius 2 is 1.75 bits per heavy atom. The fourth-order valence-corrected chi connectivity index (χ4v) is 3.59. The summed E-state index contributed by atoms with van der Waals surface area (Å²) in [6, 6.07) is 11.7. The number of benzene rings is 2. The minimum absolute atomic E-state index is 0.0969. The number of amides is 2. The molecule has 0 aromatic heterocycles. The first-order chi connectivity index (χ1) is 13.3. The van der Waals surface area contributed by atoms with Crippen LogP contribution in [0.25, 0.3) is 0 Å². The molecule has 1 heterocycles. The molecule has 2 aromatic rings. The highest BCUT2D eigenvalue weighted by Crippen LogP contribution is 2.38.